The second-order valence-electron chi connectivity index (χ2n) is 4.54. The van der Waals surface area contributed by atoms with Crippen molar-refractivity contribution < 1.29 is 18.0 Å². The number of amides is 1. The number of carbonyl (C=O) groups excluding carboxylic acids is 1. The van der Waals surface area contributed by atoms with Crippen LogP contribution >= 0.6 is 0 Å². The van der Waals surface area contributed by atoms with Gasteiger partial charge in [0.1, 0.15) is 0 Å². The van der Waals surface area contributed by atoms with Gasteiger partial charge < -0.3 is 10.6 Å². The number of piperidine rings is 1. The van der Waals surface area contributed by atoms with E-state index in [2.05, 4.69) is 10.6 Å². The van der Waals surface area contributed by atoms with Gasteiger partial charge >= 0.3 is 6.18 Å². The number of halogens is 3. The number of para-hydroxylation sites is 1. The maximum absolute atomic E-state index is 12.8. The predicted octanol–water partition coefficient (Wildman–Crippen LogP) is 2.79. The molecule has 1 amide bonds. The third-order valence-corrected chi connectivity index (χ3v) is 3.12. The number of carbonyl (C=O) groups is 1. The molecule has 0 bridgehead atoms. The van der Waals surface area contributed by atoms with Gasteiger partial charge in [0.05, 0.1) is 17.3 Å². The van der Waals surface area contributed by atoms with Crippen LogP contribution < -0.4 is 10.6 Å². The van der Waals surface area contributed by atoms with Crippen molar-refractivity contribution in [2.24, 2.45) is 0 Å². The summed E-state index contributed by atoms with van der Waals surface area (Å²) in [6.07, 6.45) is -1.92. The van der Waals surface area contributed by atoms with Crippen molar-refractivity contribution >= 4 is 11.6 Å². The summed E-state index contributed by atoms with van der Waals surface area (Å²) in [5.41, 5.74) is -1.01. The number of nitrogens with one attached hydrogen (secondary N) is 2. The van der Waals surface area contributed by atoms with Crippen LogP contribution in [0.25, 0.3) is 0 Å². The molecule has 0 aromatic heterocycles. The summed E-state index contributed by atoms with van der Waals surface area (Å²) in [7, 11) is 0. The highest BCUT2D eigenvalue weighted by Crippen LogP contribution is 2.34. The molecule has 2 N–H and O–H groups in total. The maximum atomic E-state index is 12.8. The lowest BCUT2D eigenvalue weighted by atomic mass is 10.0. The Bertz CT molecular complexity index is 453. The molecule has 0 aliphatic carbocycles. The number of benzene rings is 1. The fourth-order valence-electron chi connectivity index (χ4n) is 2.13. The minimum Gasteiger partial charge on any atom is -0.324 e. The molecule has 6 heteroatoms. The lowest BCUT2D eigenvalue weighted by Crippen LogP contribution is -2.43. The van der Waals surface area contributed by atoms with Gasteiger partial charge in [0.25, 0.3) is 0 Å². The summed E-state index contributed by atoms with van der Waals surface area (Å²) >= 11 is 0. The van der Waals surface area contributed by atoms with E-state index < -0.39 is 23.7 Å². The van der Waals surface area contributed by atoms with Crippen molar-refractivity contribution in [3.05, 3.63) is 29.8 Å². The minimum absolute atomic E-state index is 0.188. The number of hydrogen-bond acceptors (Lipinski definition) is 2. The van der Waals surface area contributed by atoms with Gasteiger partial charge in [0.2, 0.25) is 5.91 Å². The minimum atomic E-state index is -4.47. The van der Waals surface area contributed by atoms with Crippen molar-refractivity contribution in [3.8, 4) is 0 Å². The van der Waals surface area contributed by atoms with Crippen molar-refractivity contribution in [2.45, 2.75) is 31.5 Å². The Balaban J connectivity index is 2.12. The van der Waals surface area contributed by atoms with Crippen LogP contribution in [0, 0.1) is 0 Å². The lowest BCUT2D eigenvalue weighted by Gasteiger charge is -2.23. The average molecular weight is 272 g/mol. The Labute approximate surface area is 109 Å². The normalized spacial score (nSPS) is 20.1. The highest BCUT2D eigenvalue weighted by molar-refractivity contribution is 5.95. The van der Waals surface area contributed by atoms with Gasteiger partial charge in [-0.3, -0.25) is 4.79 Å². The maximum Gasteiger partial charge on any atom is 0.418 e. The van der Waals surface area contributed by atoms with Crippen molar-refractivity contribution in [1.82, 2.24) is 5.32 Å². The molecule has 1 aromatic rings. The van der Waals surface area contributed by atoms with Crippen LogP contribution in [-0.4, -0.2) is 18.5 Å². The van der Waals surface area contributed by atoms with Crippen molar-refractivity contribution in [3.63, 3.8) is 0 Å². The summed E-state index contributed by atoms with van der Waals surface area (Å²) in [5.74, 6) is -0.406. The summed E-state index contributed by atoms with van der Waals surface area (Å²) in [4.78, 5) is 11.9. The zero-order valence-corrected chi connectivity index (χ0v) is 10.3. The summed E-state index contributed by atoms with van der Waals surface area (Å²) in [5, 5.41) is 5.37. The van der Waals surface area contributed by atoms with E-state index in [0.29, 0.717) is 6.42 Å². The first kappa shape index (κ1) is 13.9. The van der Waals surface area contributed by atoms with Crippen LogP contribution in [0.15, 0.2) is 24.3 Å². The molecule has 104 valence electrons. The molecule has 1 aliphatic heterocycles. The number of hydrogen-bond donors (Lipinski definition) is 2. The fraction of sp³-hybridized carbons (Fsp3) is 0.462. The monoisotopic (exact) mass is 272 g/mol. The molecule has 1 aliphatic rings. The molecule has 0 radical (unpaired) electrons. The molecule has 3 nitrogen and oxygen atoms in total. The molecule has 1 atom stereocenters. The van der Waals surface area contributed by atoms with Crippen LogP contribution in [0.2, 0.25) is 0 Å². The molecule has 1 aromatic carbocycles. The van der Waals surface area contributed by atoms with Gasteiger partial charge in [-0.2, -0.15) is 13.2 Å². The SMILES string of the molecule is O=C(Nc1ccccc1C(F)(F)F)C1CCCCN1. The van der Waals surface area contributed by atoms with Gasteiger partial charge in [0.15, 0.2) is 0 Å². The number of rotatable bonds is 2. The molecular weight excluding hydrogens is 257 g/mol. The Morgan fingerprint density at radius 1 is 1.26 bits per heavy atom. The highest BCUT2D eigenvalue weighted by Gasteiger charge is 2.34. The second kappa shape index (κ2) is 5.61. The fourth-order valence-corrected chi connectivity index (χ4v) is 2.13. The molecular formula is C13H15F3N2O. The van der Waals surface area contributed by atoms with Crippen LogP contribution in [0.4, 0.5) is 18.9 Å². The van der Waals surface area contributed by atoms with Gasteiger partial charge in [-0.15, -0.1) is 0 Å². The van der Waals surface area contributed by atoms with E-state index in [9.17, 15) is 18.0 Å². The quantitative estimate of drug-likeness (QED) is 0.869. The molecule has 0 saturated carbocycles. The number of alkyl halides is 3. The molecule has 1 saturated heterocycles. The zero-order chi connectivity index (χ0) is 13.9. The molecule has 1 unspecified atom stereocenters. The van der Waals surface area contributed by atoms with Crippen LogP contribution in [0.5, 0.6) is 0 Å². The smallest absolute Gasteiger partial charge is 0.324 e. The van der Waals surface area contributed by atoms with Gasteiger partial charge in [-0.05, 0) is 31.5 Å². The summed E-state index contributed by atoms with van der Waals surface area (Å²) < 4.78 is 38.3. The van der Waals surface area contributed by atoms with Gasteiger partial charge in [-0.1, -0.05) is 18.6 Å². The van der Waals surface area contributed by atoms with Crippen LogP contribution in [-0.2, 0) is 11.0 Å². The van der Waals surface area contributed by atoms with Crippen molar-refractivity contribution in [1.29, 1.82) is 0 Å². The molecule has 2 rings (SSSR count). The highest BCUT2D eigenvalue weighted by atomic mass is 19.4. The van der Waals surface area contributed by atoms with Crippen molar-refractivity contribution in [2.75, 3.05) is 11.9 Å². The van der Waals surface area contributed by atoms with Crippen LogP contribution in [0.1, 0.15) is 24.8 Å². The van der Waals surface area contributed by atoms with E-state index in [1.54, 1.807) is 0 Å². The lowest BCUT2D eigenvalue weighted by molar-refractivity contribution is -0.137. The van der Waals surface area contributed by atoms with E-state index in [1.165, 1.54) is 18.2 Å². The third-order valence-electron chi connectivity index (χ3n) is 3.12. The van der Waals surface area contributed by atoms with E-state index in [-0.39, 0.29) is 5.69 Å². The van der Waals surface area contributed by atoms with E-state index >= 15 is 0 Å². The van der Waals surface area contributed by atoms with Gasteiger partial charge in [0, 0.05) is 0 Å². The van der Waals surface area contributed by atoms with E-state index in [0.717, 1.165) is 25.5 Å². The predicted molar refractivity (Wildman–Crippen MR) is 65.7 cm³/mol. The second-order valence-corrected chi connectivity index (χ2v) is 4.54. The van der Waals surface area contributed by atoms with Crippen LogP contribution in [0.3, 0.4) is 0 Å². The van der Waals surface area contributed by atoms with E-state index in [1.807, 2.05) is 0 Å². The molecule has 0 spiro atoms. The Morgan fingerprint density at radius 2 is 2.00 bits per heavy atom. The first-order chi connectivity index (χ1) is 8.98. The summed E-state index contributed by atoms with van der Waals surface area (Å²) in [6.45, 7) is 0.721. The summed E-state index contributed by atoms with van der Waals surface area (Å²) in [6, 6.07) is 4.60. The molecule has 19 heavy (non-hydrogen) atoms. The first-order valence-corrected chi connectivity index (χ1v) is 6.19. The Hall–Kier alpha value is -1.56. The number of anilines is 1. The first-order valence-electron chi connectivity index (χ1n) is 6.19. The molecule has 1 heterocycles. The topological polar surface area (TPSA) is 41.1 Å². The Morgan fingerprint density at radius 3 is 2.63 bits per heavy atom. The molecule has 1 fully saturated rings. The third kappa shape index (κ3) is 3.47. The standard InChI is InChI=1S/C13H15F3N2O/c14-13(15,16)9-5-1-2-6-10(9)18-12(19)11-7-3-4-8-17-11/h1-2,5-6,11,17H,3-4,7-8H2,(H,18,19). The van der Waals surface area contributed by atoms with Gasteiger partial charge in [-0.25, -0.2) is 0 Å². The van der Waals surface area contributed by atoms with E-state index in [4.69, 9.17) is 0 Å². The zero-order valence-electron chi connectivity index (χ0n) is 10.3. The largest absolute Gasteiger partial charge is 0.418 e. The average Bonchev–Trinajstić information content (AvgIpc) is 2.39. The Kier molecular flexibility index (Phi) is 4.09.